The van der Waals surface area contributed by atoms with Crippen molar-refractivity contribution in [2.45, 2.75) is 18.4 Å². The average molecular weight is 377 g/mol. The molecular weight excluding hydrogens is 360 g/mol. The smallest absolute Gasteiger partial charge is 0.241 e. The number of rotatable bonds is 5. The van der Waals surface area contributed by atoms with Gasteiger partial charge in [0.25, 0.3) is 0 Å². The molecule has 8 heteroatoms. The first-order valence-corrected chi connectivity index (χ1v) is 9.41. The summed E-state index contributed by atoms with van der Waals surface area (Å²) >= 11 is 6.02. The third-order valence-corrected chi connectivity index (χ3v) is 5.84. The number of nitrogens with zero attached hydrogens (tertiary/aromatic N) is 3. The summed E-state index contributed by atoms with van der Waals surface area (Å²) in [6.07, 6.45) is 5.05. The van der Waals surface area contributed by atoms with Gasteiger partial charge >= 0.3 is 0 Å². The topological polar surface area (TPSA) is 76.9 Å². The Morgan fingerprint density at radius 3 is 2.76 bits per heavy atom. The van der Waals surface area contributed by atoms with E-state index in [4.69, 9.17) is 11.6 Å². The van der Waals surface area contributed by atoms with Crippen LogP contribution in [-0.4, -0.2) is 23.2 Å². The lowest BCUT2D eigenvalue weighted by atomic mass is 10.1. The van der Waals surface area contributed by atoms with Crippen molar-refractivity contribution >= 4 is 21.6 Å². The molecule has 0 amide bonds. The van der Waals surface area contributed by atoms with Crippen molar-refractivity contribution in [1.29, 1.82) is 0 Å². The van der Waals surface area contributed by atoms with Gasteiger partial charge in [-0.25, -0.2) is 13.1 Å². The molecular formula is C17H17ClN4O2S. The van der Waals surface area contributed by atoms with E-state index in [2.05, 4.69) is 14.8 Å². The fourth-order valence-electron chi connectivity index (χ4n) is 2.52. The minimum absolute atomic E-state index is 0.132. The molecule has 0 aliphatic carbocycles. The molecule has 0 atom stereocenters. The van der Waals surface area contributed by atoms with E-state index in [1.807, 2.05) is 19.2 Å². The predicted molar refractivity (Wildman–Crippen MR) is 96.7 cm³/mol. The second-order valence-corrected chi connectivity index (χ2v) is 7.75. The number of nitrogens with one attached hydrogen (secondary N) is 1. The zero-order chi connectivity index (χ0) is 18.0. The van der Waals surface area contributed by atoms with E-state index >= 15 is 0 Å². The molecule has 3 rings (SSSR count). The highest BCUT2D eigenvalue weighted by Gasteiger charge is 2.18. The number of sulfonamides is 1. The van der Waals surface area contributed by atoms with Crippen molar-refractivity contribution in [3.8, 4) is 11.3 Å². The summed E-state index contributed by atoms with van der Waals surface area (Å²) in [5.41, 5.74) is 3.05. The van der Waals surface area contributed by atoms with Crippen LogP contribution in [0, 0.1) is 6.92 Å². The van der Waals surface area contributed by atoms with E-state index in [1.54, 1.807) is 42.3 Å². The van der Waals surface area contributed by atoms with Gasteiger partial charge in [-0.2, -0.15) is 5.10 Å². The van der Waals surface area contributed by atoms with E-state index in [0.29, 0.717) is 10.6 Å². The minimum atomic E-state index is -3.67. The summed E-state index contributed by atoms with van der Waals surface area (Å²) in [5.74, 6) is 0. The fraction of sp³-hybridized carbons (Fsp3) is 0.176. The number of halogens is 1. The van der Waals surface area contributed by atoms with Crippen LogP contribution >= 0.6 is 11.6 Å². The highest BCUT2D eigenvalue weighted by Crippen LogP contribution is 2.23. The second kappa shape index (κ2) is 6.95. The van der Waals surface area contributed by atoms with Crippen molar-refractivity contribution in [2.75, 3.05) is 0 Å². The van der Waals surface area contributed by atoms with Crippen LogP contribution in [0.25, 0.3) is 11.3 Å². The molecule has 3 aromatic rings. The third kappa shape index (κ3) is 3.73. The first kappa shape index (κ1) is 17.6. The quantitative estimate of drug-likeness (QED) is 0.742. The van der Waals surface area contributed by atoms with Gasteiger partial charge in [0.05, 0.1) is 10.6 Å². The standard InChI is InChI=1S/C17H17ClN4O2S/c1-12-15(18)4-3-5-17(12)25(23,24)21-10-13-8-14(11-19-9-13)16-6-7-20-22(16)2/h3-9,11,21H,10H2,1-2H3. The van der Waals surface area contributed by atoms with Gasteiger partial charge in [-0.05, 0) is 42.3 Å². The Hall–Kier alpha value is -2.22. The van der Waals surface area contributed by atoms with Crippen molar-refractivity contribution < 1.29 is 8.42 Å². The Morgan fingerprint density at radius 2 is 2.04 bits per heavy atom. The van der Waals surface area contributed by atoms with E-state index in [9.17, 15) is 8.42 Å². The molecule has 2 heterocycles. The third-order valence-electron chi connectivity index (χ3n) is 3.89. The Balaban J connectivity index is 1.82. The lowest BCUT2D eigenvalue weighted by Gasteiger charge is -2.11. The number of hydrogen-bond acceptors (Lipinski definition) is 4. The van der Waals surface area contributed by atoms with Gasteiger partial charge in [-0.3, -0.25) is 9.67 Å². The van der Waals surface area contributed by atoms with Crippen LogP contribution in [0.15, 0.2) is 53.8 Å². The molecule has 0 fully saturated rings. The minimum Gasteiger partial charge on any atom is -0.268 e. The summed E-state index contributed by atoms with van der Waals surface area (Å²) in [7, 11) is -1.83. The Morgan fingerprint density at radius 1 is 1.24 bits per heavy atom. The lowest BCUT2D eigenvalue weighted by Crippen LogP contribution is -2.24. The maximum Gasteiger partial charge on any atom is 0.241 e. The van der Waals surface area contributed by atoms with E-state index < -0.39 is 10.0 Å². The molecule has 0 aliphatic rings. The van der Waals surface area contributed by atoms with Crippen LogP contribution in [0.1, 0.15) is 11.1 Å². The molecule has 130 valence electrons. The first-order chi connectivity index (χ1) is 11.9. The number of aryl methyl sites for hydroxylation is 1. The van der Waals surface area contributed by atoms with Crippen LogP contribution in [0.4, 0.5) is 0 Å². The van der Waals surface area contributed by atoms with Gasteiger partial charge < -0.3 is 0 Å². The number of benzene rings is 1. The highest BCUT2D eigenvalue weighted by molar-refractivity contribution is 7.89. The Kier molecular flexibility index (Phi) is 4.89. The maximum atomic E-state index is 12.5. The molecule has 0 saturated heterocycles. The van der Waals surface area contributed by atoms with Gasteiger partial charge in [-0.15, -0.1) is 0 Å². The number of aromatic nitrogens is 3. The molecule has 0 unspecified atom stereocenters. The molecule has 0 saturated carbocycles. The van der Waals surface area contributed by atoms with Gasteiger partial charge in [0, 0.05) is 42.8 Å². The first-order valence-electron chi connectivity index (χ1n) is 7.55. The SMILES string of the molecule is Cc1c(Cl)cccc1S(=O)(=O)NCc1cncc(-c2ccnn2C)c1. The van der Waals surface area contributed by atoms with E-state index in [0.717, 1.165) is 16.8 Å². The molecule has 0 aliphatic heterocycles. The molecule has 0 spiro atoms. The van der Waals surface area contributed by atoms with E-state index in [-0.39, 0.29) is 11.4 Å². The Labute approximate surface area is 151 Å². The van der Waals surface area contributed by atoms with Gasteiger partial charge in [0.15, 0.2) is 0 Å². The van der Waals surface area contributed by atoms with Gasteiger partial charge in [0.1, 0.15) is 0 Å². The van der Waals surface area contributed by atoms with Crippen molar-refractivity contribution in [2.24, 2.45) is 7.05 Å². The molecule has 1 N–H and O–H groups in total. The highest BCUT2D eigenvalue weighted by atomic mass is 35.5. The largest absolute Gasteiger partial charge is 0.268 e. The zero-order valence-corrected chi connectivity index (χ0v) is 15.3. The predicted octanol–water partition coefficient (Wildman–Crippen LogP) is 2.92. The van der Waals surface area contributed by atoms with Crippen LogP contribution in [0.5, 0.6) is 0 Å². The second-order valence-electron chi connectivity index (χ2n) is 5.61. The van der Waals surface area contributed by atoms with Crippen LogP contribution in [0.2, 0.25) is 5.02 Å². The van der Waals surface area contributed by atoms with E-state index in [1.165, 1.54) is 6.07 Å². The molecule has 0 radical (unpaired) electrons. The van der Waals surface area contributed by atoms with Crippen molar-refractivity contribution in [1.82, 2.24) is 19.5 Å². The summed E-state index contributed by atoms with van der Waals surface area (Å²) in [6.45, 7) is 1.81. The summed E-state index contributed by atoms with van der Waals surface area (Å²) in [5, 5.41) is 4.55. The zero-order valence-electron chi connectivity index (χ0n) is 13.8. The normalized spacial score (nSPS) is 11.6. The van der Waals surface area contributed by atoms with Crippen molar-refractivity contribution in [3.05, 3.63) is 65.1 Å². The maximum absolute atomic E-state index is 12.5. The fourth-order valence-corrected chi connectivity index (χ4v) is 4.03. The van der Waals surface area contributed by atoms with Gasteiger partial charge in [0.2, 0.25) is 10.0 Å². The summed E-state index contributed by atoms with van der Waals surface area (Å²) in [6, 6.07) is 8.58. The monoisotopic (exact) mass is 376 g/mol. The molecule has 6 nitrogen and oxygen atoms in total. The summed E-state index contributed by atoms with van der Waals surface area (Å²) in [4.78, 5) is 4.37. The molecule has 1 aromatic carbocycles. The van der Waals surface area contributed by atoms with Crippen LogP contribution in [-0.2, 0) is 23.6 Å². The molecule has 0 bridgehead atoms. The Bertz CT molecular complexity index is 1010. The van der Waals surface area contributed by atoms with Gasteiger partial charge in [-0.1, -0.05) is 17.7 Å². The lowest BCUT2D eigenvalue weighted by molar-refractivity contribution is 0.580. The molecule has 25 heavy (non-hydrogen) atoms. The average Bonchev–Trinajstić information content (AvgIpc) is 3.02. The van der Waals surface area contributed by atoms with Crippen LogP contribution in [0.3, 0.4) is 0 Å². The number of pyridine rings is 1. The summed E-state index contributed by atoms with van der Waals surface area (Å²) < 4.78 is 29.4. The number of hydrogen-bond donors (Lipinski definition) is 1. The van der Waals surface area contributed by atoms with Crippen molar-refractivity contribution in [3.63, 3.8) is 0 Å². The molecule has 2 aromatic heterocycles. The van der Waals surface area contributed by atoms with Crippen LogP contribution < -0.4 is 4.72 Å².